The largest absolute Gasteiger partial charge is 0.507 e. The Morgan fingerprint density at radius 1 is 1.33 bits per heavy atom. The predicted octanol–water partition coefficient (Wildman–Crippen LogP) is 1.62. The number of benzene rings is 1. The number of phenolic OH excluding ortho intramolecular Hbond substituents is 1. The van der Waals surface area contributed by atoms with Crippen molar-refractivity contribution in [2.75, 3.05) is 5.43 Å². The Bertz CT molecular complexity index is 1110. The fourth-order valence-corrected chi connectivity index (χ4v) is 2.68. The van der Waals surface area contributed by atoms with Crippen LogP contribution in [0.25, 0.3) is 11.2 Å². The van der Waals surface area contributed by atoms with Gasteiger partial charge in [-0.25, -0.2) is 10.2 Å². The summed E-state index contributed by atoms with van der Waals surface area (Å²) in [6, 6.07) is 6.79. The summed E-state index contributed by atoms with van der Waals surface area (Å²) in [5.41, 5.74) is 2.96. The van der Waals surface area contributed by atoms with E-state index in [2.05, 4.69) is 34.3 Å². The number of H-pyrrole nitrogens is 1. The van der Waals surface area contributed by atoms with Crippen molar-refractivity contribution in [2.24, 2.45) is 18.1 Å². The molecule has 2 aromatic heterocycles. The second-order valence-corrected chi connectivity index (χ2v) is 6.69. The molecule has 0 aliphatic carbocycles. The topological polar surface area (TPSA) is 117 Å². The van der Waals surface area contributed by atoms with Crippen molar-refractivity contribution in [3.05, 3.63) is 50.7 Å². The number of nitrogens with zero attached hydrogens (tertiary/aromatic N) is 4. The molecule has 0 spiro atoms. The summed E-state index contributed by atoms with van der Waals surface area (Å²) in [4.78, 5) is 30.9. The monoisotopic (exact) mass is 370 g/mol. The van der Waals surface area contributed by atoms with Gasteiger partial charge in [0, 0.05) is 19.2 Å². The number of anilines is 1. The standard InChI is InChI=1S/C18H22N6O3/c1-11(2)8-9-24-14-15(23(3)18(27)21-16(14)26)20-17(24)22-19-10-12-6-4-5-7-13(12)25/h4-7,10-11,25H,8-9H2,1-3H3,(H,20,22)(H,21,26,27)/b19-10+. The smallest absolute Gasteiger partial charge is 0.329 e. The molecule has 142 valence electrons. The first-order valence-corrected chi connectivity index (χ1v) is 8.65. The number of nitrogens with one attached hydrogen (secondary N) is 2. The van der Waals surface area contributed by atoms with Gasteiger partial charge in [-0.1, -0.05) is 26.0 Å². The highest BCUT2D eigenvalue weighted by Crippen LogP contribution is 2.18. The van der Waals surface area contributed by atoms with Crippen LogP contribution in [0, 0.1) is 5.92 Å². The molecule has 0 aliphatic rings. The molecule has 9 heteroatoms. The van der Waals surface area contributed by atoms with Crippen LogP contribution in [0.3, 0.4) is 0 Å². The van der Waals surface area contributed by atoms with Crippen LogP contribution >= 0.6 is 0 Å². The van der Waals surface area contributed by atoms with Crippen molar-refractivity contribution >= 4 is 23.3 Å². The summed E-state index contributed by atoms with van der Waals surface area (Å²) in [7, 11) is 1.55. The molecular weight excluding hydrogens is 348 g/mol. The van der Waals surface area contributed by atoms with Crippen LogP contribution < -0.4 is 16.7 Å². The van der Waals surface area contributed by atoms with Gasteiger partial charge in [-0.15, -0.1) is 0 Å². The third kappa shape index (κ3) is 3.76. The quantitative estimate of drug-likeness (QED) is 0.450. The number of hydrogen-bond acceptors (Lipinski definition) is 6. The zero-order valence-electron chi connectivity index (χ0n) is 15.4. The van der Waals surface area contributed by atoms with E-state index < -0.39 is 11.2 Å². The van der Waals surface area contributed by atoms with E-state index in [1.54, 1.807) is 35.9 Å². The summed E-state index contributed by atoms with van der Waals surface area (Å²) < 4.78 is 3.01. The highest BCUT2D eigenvalue weighted by Gasteiger charge is 2.17. The molecule has 0 bridgehead atoms. The maximum absolute atomic E-state index is 12.3. The van der Waals surface area contributed by atoms with Gasteiger partial charge in [-0.05, 0) is 24.5 Å². The molecule has 0 saturated carbocycles. The first-order chi connectivity index (χ1) is 12.9. The Morgan fingerprint density at radius 3 is 2.78 bits per heavy atom. The third-order valence-electron chi connectivity index (χ3n) is 4.24. The van der Waals surface area contributed by atoms with E-state index in [0.717, 1.165) is 6.42 Å². The molecule has 3 N–H and O–H groups in total. The van der Waals surface area contributed by atoms with Gasteiger partial charge in [-0.3, -0.25) is 14.3 Å². The molecule has 0 amide bonds. The third-order valence-corrected chi connectivity index (χ3v) is 4.24. The molecule has 0 atom stereocenters. The first kappa shape index (κ1) is 18.4. The average molecular weight is 370 g/mol. The van der Waals surface area contributed by atoms with Gasteiger partial charge in [0.2, 0.25) is 5.95 Å². The zero-order chi connectivity index (χ0) is 19.6. The van der Waals surface area contributed by atoms with Gasteiger partial charge >= 0.3 is 5.69 Å². The van der Waals surface area contributed by atoms with Gasteiger partial charge in [0.25, 0.3) is 5.56 Å². The van der Waals surface area contributed by atoms with Crippen LogP contribution in [0.4, 0.5) is 5.95 Å². The summed E-state index contributed by atoms with van der Waals surface area (Å²) in [5.74, 6) is 0.880. The van der Waals surface area contributed by atoms with Crippen LogP contribution in [0.2, 0.25) is 0 Å². The van der Waals surface area contributed by atoms with Gasteiger partial charge in [0.1, 0.15) is 5.75 Å². The number of hydrogen-bond donors (Lipinski definition) is 3. The lowest BCUT2D eigenvalue weighted by molar-refractivity contribution is 0.474. The minimum absolute atomic E-state index is 0.107. The molecule has 1 aromatic carbocycles. The Morgan fingerprint density at radius 2 is 2.07 bits per heavy atom. The minimum atomic E-state index is -0.523. The Labute approximate surface area is 155 Å². The molecule has 27 heavy (non-hydrogen) atoms. The first-order valence-electron chi connectivity index (χ1n) is 8.65. The SMILES string of the molecule is CC(C)CCn1c(N/N=C/c2ccccc2O)nc2c1c(=O)[nH]c(=O)n2C. The number of hydrazone groups is 1. The van der Waals surface area contributed by atoms with Crippen LogP contribution in [-0.2, 0) is 13.6 Å². The molecular formula is C18H22N6O3. The van der Waals surface area contributed by atoms with Crippen molar-refractivity contribution in [3.8, 4) is 5.75 Å². The van der Waals surface area contributed by atoms with E-state index in [-0.39, 0.29) is 11.4 Å². The molecule has 3 rings (SSSR count). The number of imidazole rings is 1. The number of phenols is 1. The van der Waals surface area contributed by atoms with E-state index in [9.17, 15) is 14.7 Å². The fourth-order valence-electron chi connectivity index (χ4n) is 2.68. The zero-order valence-corrected chi connectivity index (χ0v) is 15.4. The summed E-state index contributed by atoms with van der Waals surface area (Å²) in [5, 5.41) is 13.9. The average Bonchev–Trinajstić information content (AvgIpc) is 2.99. The van der Waals surface area contributed by atoms with Gasteiger partial charge < -0.3 is 9.67 Å². The summed E-state index contributed by atoms with van der Waals surface area (Å²) in [6.07, 6.45) is 2.29. The van der Waals surface area contributed by atoms with Crippen LogP contribution in [-0.4, -0.2) is 30.4 Å². The maximum atomic E-state index is 12.3. The molecule has 0 aliphatic heterocycles. The number of aromatic amines is 1. The lowest BCUT2D eigenvalue weighted by Gasteiger charge is -2.09. The van der Waals surface area contributed by atoms with E-state index in [1.807, 2.05) is 0 Å². The number of para-hydroxylation sites is 1. The molecule has 0 saturated heterocycles. The summed E-state index contributed by atoms with van der Waals surface area (Å²) in [6.45, 7) is 4.72. The second kappa shape index (κ2) is 7.48. The maximum Gasteiger partial charge on any atom is 0.329 e. The Balaban J connectivity index is 2.03. The van der Waals surface area contributed by atoms with E-state index in [1.165, 1.54) is 10.8 Å². The molecule has 0 radical (unpaired) electrons. The van der Waals surface area contributed by atoms with Gasteiger partial charge in [0.05, 0.1) is 6.21 Å². The van der Waals surface area contributed by atoms with Crippen LogP contribution in [0.5, 0.6) is 5.75 Å². The number of aromatic hydroxyl groups is 1. The molecule has 2 heterocycles. The van der Waals surface area contributed by atoms with E-state index in [4.69, 9.17) is 0 Å². The van der Waals surface area contributed by atoms with Crippen molar-refractivity contribution in [1.82, 2.24) is 19.1 Å². The van der Waals surface area contributed by atoms with Crippen molar-refractivity contribution < 1.29 is 5.11 Å². The van der Waals surface area contributed by atoms with Crippen LogP contribution in [0.15, 0.2) is 39.0 Å². The van der Waals surface area contributed by atoms with Crippen molar-refractivity contribution in [1.29, 1.82) is 0 Å². The van der Waals surface area contributed by atoms with Crippen molar-refractivity contribution in [2.45, 2.75) is 26.8 Å². The number of aryl methyl sites for hydroxylation is 2. The van der Waals surface area contributed by atoms with Gasteiger partial charge in [-0.2, -0.15) is 10.1 Å². The molecule has 0 fully saturated rings. The normalized spacial score (nSPS) is 11.7. The Kier molecular flexibility index (Phi) is 5.11. The van der Waals surface area contributed by atoms with Crippen LogP contribution in [0.1, 0.15) is 25.8 Å². The predicted molar refractivity (Wildman–Crippen MR) is 104 cm³/mol. The highest BCUT2D eigenvalue weighted by molar-refractivity contribution is 5.83. The molecule has 3 aromatic rings. The fraction of sp³-hybridized carbons (Fsp3) is 0.333. The number of rotatable bonds is 6. The molecule has 9 nitrogen and oxygen atoms in total. The molecule has 0 unspecified atom stereocenters. The number of aromatic nitrogens is 4. The van der Waals surface area contributed by atoms with Crippen molar-refractivity contribution in [3.63, 3.8) is 0 Å². The lowest BCUT2D eigenvalue weighted by Crippen LogP contribution is -2.29. The Hall–Kier alpha value is -3.36. The van der Waals surface area contributed by atoms with Gasteiger partial charge in [0.15, 0.2) is 11.2 Å². The minimum Gasteiger partial charge on any atom is -0.507 e. The van der Waals surface area contributed by atoms with E-state index in [0.29, 0.717) is 29.5 Å². The lowest BCUT2D eigenvalue weighted by atomic mass is 10.1. The summed E-state index contributed by atoms with van der Waals surface area (Å²) >= 11 is 0. The number of fused-ring (bicyclic) bond motifs is 1. The second-order valence-electron chi connectivity index (χ2n) is 6.69. The van der Waals surface area contributed by atoms with E-state index >= 15 is 0 Å². The highest BCUT2D eigenvalue weighted by atomic mass is 16.3.